The van der Waals surface area contributed by atoms with Crippen LogP contribution in [0.1, 0.15) is 43.0 Å². The van der Waals surface area contributed by atoms with E-state index in [4.69, 9.17) is 0 Å². The number of aromatic nitrogens is 1. The van der Waals surface area contributed by atoms with Gasteiger partial charge in [-0.05, 0) is 37.7 Å². The second-order valence-corrected chi connectivity index (χ2v) is 7.26. The van der Waals surface area contributed by atoms with Gasteiger partial charge < -0.3 is 10.3 Å². The molecule has 1 aliphatic carbocycles. The molecule has 1 spiro atoms. The van der Waals surface area contributed by atoms with Crippen molar-refractivity contribution in [1.82, 2.24) is 15.2 Å². The number of para-hydroxylation sites is 1. The minimum Gasteiger partial charge on any atom is -0.360 e. The van der Waals surface area contributed by atoms with Crippen LogP contribution >= 0.6 is 0 Å². The zero-order chi connectivity index (χ0) is 17.6. The first-order valence-corrected chi connectivity index (χ1v) is 8.74. The van der Waals surface area contributed by atoms with E-state index in [0.717, 1.165) is 28.6 Å². The van der Waals surface area contributed by atoms with E-state index in [1.807, 2.05) is 24.3 Å². The van der Waals surface area contributed by atoms with Gasteiger partial charge in [0.05, 0.1) is 6.54 Å². The molecule has 130 valence electrons. The number of urea groups is 1. The third-order valence-corrected chi connectivity index (χ3v) is 5.57. The van der Waals surface area contributed by atoms with Crippen molar-refractivity contribution in [3.63, 3.8) is 0 Å². The topological polar surface area (TPSA) is 82.3 Å². The summed E-state index contributed by atoms with van der Waals surface area (Å²) in [7, 11) is 0. The Labute approximate surface area is 145 Å². The number of amides is 3. The van der Waals surface area contributed by atoms with Crippen LogP contribution in [0.4, 0.5) is 4.79 Å². The van der Waals surface area contributed by atoms with Crippen LogP contribution in [-0.2, 0) is 4.79 Å². The lowest BCUT2D eigenvalue weighted by Crippen LogP contribution is -2.49. The van der Waals surface area contributed by atoms with Crippen molar-refractivity contribution < 1.29 is 14.4 Å². The van der Waals surface area contributed by atoms with Crippen molar-refractivity contribution in [1.29, 1.82) is 0 Å². The van der Waals surface area contributed by atoms with Crippen LogP contribution in [0, 0.1) is 5.92 Å². The predicted molar refractivity (Wildman–Crippen MR) is 93.2 cm³/mol. The quantitative estimate of drug-likeness (QED) is 0.666. The highest BCUT2D eigenvalue weighted by Crippen LogP contribution is 2.36. The molecule has 0 atom stereocenters. The Morgan fingerprint density at radius 3 is 2.72 bits per heavy atom. The number of nitrogens with zero attached hydrogens (tertiary/aromatic N) is 1. The SMILES string of the molecule is CC1CCC2(CC1)NC(=O)N(CC(=O)c1c[nH]c3ccccc13)C2=O. The highest BCUT2D eigenvalue weighted by Gasteiger charge is 2.52. The molecular formula is C19H21N3O3. The molecule has 2 heterocycles. The van der Waals surface area contributed by atoms with E-state index in [2.05, 4.69) is 17.2 Å². The highest BCUT2D eigenvalue weighted by molar-refractivity contribution is 6.14. The van der Waals surface area contributed by atoms with Crippen molar-refractivity contribution in [2.24, 2.45) is 5.92 Å². The van der Waals surface area contributed by atoms with E-state index < -0.39 is 11.6 Å². The van der Waals surface area contributed by atoms with Crippen LogP contribution in [0.15, 0.2) is 30.5 Å². The van der Waals surface area contributed by atoms with Gasteiger partial charge >= 0.3 is 6.03 Å². The monoisotopic (exact) mass is 339 g/mol. The van der Waals surface area contributed by atoms with Crippen molar-refractivity contribution >= 4 is 28.6 Å². The van der Waals surface area contributed by atoms with Gasteiger partial charge in [0.15, 0.2) is 5.78 Å². The largest absolute Gasteiger partial charge is 0.360 e. The fourth-order valence-electron chi connectivity index (χ4n) is 3.94. The number of fused-ring (bicyclic) bond motifs is 1. The molecule has 6 nitrogen and oxygen atoms in total. The Morgan fingerprint density at radius 2 is 1.96 bits per heavy atom. The van der Waals surface area contributed by atoms with Crippen molar-refractivity contribution in [2.75, 3.05) is 6.54 Å². The fourth-order valence-corrected chi connectivity index (χ4v) is 3.94. The van der Waals surface area contributed by atoms with Crippen molar-refractivity contribution in [2.45, 2.75) is 38.1 Å². The van der Waals surface area contributed by atoms with Gasteiger partial charge in [-0.25, -0.2) is 4.79 Å². The summed E-state index contributed by atoms with van der Waals surface area (Å²) >= 11 is 0. The molecule has 3 amide bonds. The number of Topliss-reactive ketones (excluding diaryl/α,β-unsaturated/α-hetero) is 1. The smallest absolute Gasteiger partial charge is 0.325 e. The van der Waals surface area contributed by atoms with Crippen LogP contribution in [0.3, 0.4) is 0 Å². The van der Waals surface area contributed by atoms with Gasteiger partial charge in [0, 0.05) is 22.7 Å². The highest BCUT2D eigenvalue weighted by atomic mass is 16.2. The molecule has 1 aromatic heterocycles. The number of aromatic amines is 1. The van der Waals surface area contributed by atoms with Gasteiger partial charge in [-0.1, -0.05) is 25.1 Å². The van der Waals surface area contributed by atoms with Gasteiger partial charge in [0.1, 0.15) is 5.54 Å². The minimum absolute atomic E-state index is 0.218. The Hall–Kier alpha value is -2.63. The second kappa shape index (κ2) is 5.72. The van der Waals surface area contributed by atoms with Crippen LogP contribution < -0.4 is 5.32 Å². The maximum atomic E-state index is 12.9. The maximum absolute atomic E-state index is 12.9. The predicted octanol–water partition coefficient (Wildman–Crippen LogP) is 2.85. The molecular weight excluding hydrogens is 318 g/mol. The molecule has 6 heteroatoms. The average molecular weight is 339 g/mol. The number of benzene rings is 1. The van der Waals surface area contributed by atoms with Crippen molar-refractivity contribution in [3.8, 4) is 0 Å². The van der Waals surface area contributed by atoms with Crippen LogP contribution in [-0.4, -0.2) is 39.7 Å². The lowest BCUT2D eigenvalue weighted by Gasteiger charge is -2.33. The summed E-state index contributed by atoms with van der Waals surface area (Å²) in [5.41, 5.74) is 0.569. The number of rotatable bonds is 3. The number of imide groups is 1. The van der Waals surface area contributed by atoms with Gasteiger partial charge in [0.2, 0.25) is 0 Å². The summed E-state index contributed by atoms with van der Waals surface area (Å²) in [6, 6.07) is 7.04. The molecule has 1 saturated carbocycles. The summed E-state index contributed by atoms with van der Waals surface area (Å²) in [5, 5.41) is 3.66. The molecule has 2 N–H and O–H groups in total. The van der Waals surface area contributed by atoms with Crippen LogP contribution in [0.5, 0.6) is 0 Å². The van der Waals surface area contributed by atoms with Crippen molar-refractivity contribution in [3.05, 3.63) is 36.0 Å². The third kappa shape index (κ3) is 2.52. The fraction of sp³-hybridized carbons (Fsp3) is 0.421. The Kier molecular flexibility index (Phi) is 3.63. The van der Waals surface area contributed by atoms with E-state index in [-0.39, 0.29) is 18.2 Å². The minimum atomic E-state index is -0.802. The zero-order valence-corrected chi connectivity index (χ0v) is 14.2. The summed E-state index contributed by atoms with van der Waals surface area (Å²) < 4.78 is 0. The van der Waals surface area contributed by atoms with E-state index in [9.17, 15) is 14.4 Å². The number of hydrogen-bond donors (Lipinski definition) is 2. The number of carbonyl (C=O) groups is 3. The van der Waals surface area contributed by atoms with Gasteiger partial charge in [0.25, 0.3) is 5.91 Å². The molecule has 2 fully saturated rings. The first-order valence-electron chi connectivity index (χ1n) is 8.74. The van der Waals surface area contributed by atoms with E-state index in [1.165, 1.54) is 0 Å². The van der Waals surface area contributed by atoms with Crippen LogP contribution in [0.25, 0.3) is 10.9 Å². The Morgan fingerprint density at radius 1 is 1.24 bits per heavy atom. The average Bonchev–Trinajstić information content (AvgIpc) is 3.13. The Balaban J connectivity index is 1.55. The molecule has 1 aliphatic heterocycles. The summed E-state index contributed by atoms with van der Waals surface area (Å²) in [4.78, 5) is 42.0. The maximum Gasteiger partial charge on any atom is 0.325 e. The number of nitrogens with one attached hydrogen (secondary N) is 2. The molecule has 1 saturated heterocycles. The van der Waals surface area contributed by atoms with E-state index in [0.29, 0.717) is 24.3 Å². The molecule has 4 rings (SSSR count). The molecule has 25 heavy (non-hydrogen) atoms. The summed E-state index contributed by atoms with van der Waals surface area (Å²) in [5.74, 6) is 0.0806. The molecule has 0 bridgehead atoms. The molecule has 1 aromatic carbocycles. The second-order valence-electron chi connectivity index (χ2n) is 7.26. The number of hydrogen-bond acceptors (Lipinski definition) is 3. The molecule has 0 radical (unpaired) electrons. The van der Waals surface area contributed by atoms with E-state index in [1.54, 1.807) is 6.20 Å². The van der Waals surface area contributed by atoms with Crippen LogP contribution in [0.2, 0.25) is 0 Å². The van der Waals surface area contributed by atoms with Gasteiger partial charge in [-0.15, -0.1) is 0 Å². The molecule has 2 aliphatic rings. The van der Waals surface area contributed by atoms with Gasteiger partial charge in [-0.2, -0.15) is 0 Å². The lowest BCUT2D eigenvalue weighted by molar-refractivity contribution is -0.132. The molecule has 2 aromatic rings. The number of carbonyl (C=O) groups excluding carboxylic acids is 3. The first kappa shape index (κ1) is 15.9. The molecule has 0 unspecified atom stereocenters. The van der Waals surface area contributed by atoms with Gasteiger partial charge in [-0.3, -0.25) is 14.5 Å². The zero-order valence-electron chi connectivity index (χ0n) is 14.2. The number of ketones is 1. The Bertz CT molecular complexity index is 862. The summed E-state index contributed by atoms with van der Waals surface area (Å²) in [6.45, 7) is 1.94. The normalized spacial score (nSPS) is 26.4. The van der Waals surface area contributed by atoms with E-state index >= 15 is 0 Å². The summed E-state index contributed by atoms with van der Waals surface area (Å²) in [6.07, 6.45) is 4.77. The standard InChI is InChI=1S/C19H21N3O3/c1-12-6-8-19(9-7-12)17(24)22(18(25)21-19)11-16(23)14-10-20-15-5-3-2-4-13(14)15/h2-5,10,12,20H,6-9,11H2,1H3,(H,21,25). The number of H-pyrrole nitrogens is 1. The third-order valence-electron chi connectivity index (χ3n) is 5.57. The first-order chi connectivity index (χ1) is 12.0. The lowest BCUT2D eigenvalue weighted by atomic mass is 9.77.